The maximum Gasteiger partial charge on any atom is 0.227 e. The van der Waals surface area contributed by atoms with Gasteiger partial charge in [-0.25, -0.2) is 0 Å². The van der Waals surface area contributed by atoms with Crippen LogP contribution >= 0.6 is 0 Å². The second-order valence-corrected chi connectivity index (χ2v) is 8.43. The third-order valence-corrected chi connectivity index (χ3v) is 6.47. The number of hydrogen-bond acceptors (Lipinski definition) is 5. The second-order valence-electron chi connectivity index (χ2n) is 8.43. The van der Waals surface area contributed by atoms with E-state index in [0.29, 0.717) is 13.2 Å². The lowest BCUT2D eigenvalue weighted by Gasteiger charge is -2.36. The minimum absolute atomic E-state index is 0.0301. The molecule has 0 N–H and O–H groups in total. The van der Waals surface area contributed by atoms with Crippen molar-refractivity contribution in [3.63, 3.8) is 0 Å². The Labute approximate surface area is 175 Å². The van der Waals surface area contributed by atoms with Gasteiger partial charge in [-0.2, -0.15) is 0 Å². The molecule has 0 aromatic rings. The van der Waals surface area contributed by atoms with E-state index in [9.17, 15) is 4.79 Å². The number of unbranched alkanes of at least 4 members (excludes halogenated alkanes) is 3. The van der Waals surface area contributed by atoms with E-state index in [2.05, 4.69) is 19.6 Å². The number of carbonyl (C=O) groups is 1. The summed E-state index contributed by atoms with van der Waals surface area (Å²) < 4.78 is 22.7. The summed E-state index contributed by atoms with van der Waals surface area (Å²) in [6.45, 7) is 12.0. The SMILES string of the molecule is C=C(CCCCCC)[C@H](/C=C/C)[C@H](C)C(=O)N1[C@H]2COCO[C@H]2[C@@H]2OCOC[C@@H]21. The Morgan fingerprint density at radius 3 is 2.28 bits per heavy atom. The van der Waals surface area contributed by atoms with Gasteiger partial charge in [-0.15, -0.1) is 0 Å². The molecule has 0 unspecified atom stereocenters. The quantitative estimate of drug-likeness (QED) is 0.431. The summed E-state index contributed by atoms with van der Waals surface area (Å²) in [5.74, 6) is -0.0656. The molecule has 0 saturated carbocycles. The molecule has 3 fully saturated rings. The van der Waals surface area contributed by atoms with Crippen LogP contribution in [0.4, 0.5) is 0 Å². The number of hydrogen-bond donors (Lipinski definition) is 0. The smallest absolute Gasteiger partial charge is 0.227 e. The zero-order valence-electron chi connectivity index (χ0n) is 18.2. The average molecular weight is 408 g/mol. The van der Waals surface area contributed by atoms with Crippen LogP contribution in [0.3, 0.4) is 0 Å². The summed E-state index contributed by atoms with van der Waals surface area (Å²) in [4.78, 5) is 15.6. The van der Waals surface area contributed by atoms with E-state index in [1.165, 1.54) is 19.3 Å². The van der Waals surface area contributed by atoms with Crippen molar-refractivity contribution in [2.45, 2.75) is 77.2 Å². The first-order chi connectivity index (χ1) is 14.1. The van der Waals surface area contributed by atoms with Gasteiger partial charge in [0.15, 0.2) is 0 Å². The van der Waals surface area contributed by atoms with E-state index in [4.69, 9.17) is 18.9 Å². The Morgan fingerprint density at radius 1 is 1.10 bits per heavy atom. The van der Waals surface area contributed by atoms with Crippen LogP contribution in [0.2, 0.25) is 0 Å². The van der Waals surface area contributed by atoms with Gasteiger partial charge in [0.25, 0.3) is 0 Å². The number of allylic oxidation sites excluding steroid dienone is 3. The van der Waals surface area contributed by atoms with Crippen LogP contribution in [0.5, 0.6) is 0 Å². The van der Waals surface area contributed by atoms with Crippen LogP contribution in [-0.4, -0.2) is 61.9 Å². The molecule has 6 atom stereocenters. The van der Waals surface area contributed by atoms with Gasteiger partial charge in [0.1, 0.15) is 25.8 Å². The lowest BCUT2D eigenvalue weighted by atomic mass is 9.83. The largest absolute Gasteiger partial charge is 0.353 e. The van der Waals surface area contributed by atoms with Crippen molar-refractivity contribution < 1.29 is 23.7 Å². The summed E-state index contributed by atoms with van der Waals surface area (Å²) >= 11 is 0. The molecule has 29 heavy (non-hydrogen) atoms. The first kappa shape index (κ1) is 22.5. The molecule has 0 bridgehead atoms. The van der Waals surface area contributed by atoms with Gasteiger partial charge in [-0.3, -0.25) is 4.79 Å². The molecule has 6 nitrogen and oxygen atoms in total. The fourth-order valence-corrected chi connectivity index (χ4v) is 4.88. The van der Waals surface area contributed by atoms with Crippen molar-refractivity contribution in [3.8, 4) is 0 Å². The molecule has 0 aromatic heterocycles. The molecule has 3 heterocycles. The van der Waals surface area contributed by atoms with Gasteiger partial charge in [-0.1, -0.05) is 57.4 Å². The Bertz CT molecular complexity index is 570. The highest BCUT2D eigenvalue weighted by Crippen LogP contribution is 2.37. The molecule has 0 aliphatic carbocycles. The van der Waals surface area contributed by atoms with Crippen molar-refractivity contribution in [2.24, 2.45) is 11.8 Å². The third kappa shape index (κ3) is 4.93. The molecule has 3 rings (SSSR count). The van der Waals surface area contributed by atoms with Crippen LogP contribution in [0, 0.1) is 11.8 Å². The number of likely N-dealkylation sites (tertiary alicyclic amines) is 1. The van der Waals surface area contributed by atoms with Crippen LogP contribution < -0.4 is 0 Å². The van der Waals surface area contributed by atoms with E-state index >= 15 is 0 Å². The van der Waals surface area contributed by atoms with Gasteiger partial charge >= 0.3 is 0 Å². The highest BCUT2D eigenvalue weighted by Gasteiger charge is 2.55. The highest BCUT2D eigenvalue weighted by atomic mass is 16.7. The zero-order valence-corrected chi connectivity index (χ0v) is 18.2. The molecule has 3 aliphatic rings. The van der Waals surface area contributed by atoms with Crippen LogP contribution in [0.25, 0.3) is 0 Å². The first-order valence-electron chi connectivity index (χ1n) is 11.1. The monoisotopic (exact) mass is 407 g/mol. The maximum atomic E-state index is 13.7. The van der Waals surface area contributed by atoms with E-state index in [-0.39, 0.29) is 55.6 Å². The van der Waals surface area contributed by atoms with Crippen LogP contribution in [0.1, 0.15) is 52.9 Å². The molecule has 0 aromatic carbocycles. The van der Waals surface area contributed by atoms with Crippen LogP contribution in [0.15, 0.2) is 24.3 Å². The first-order valence-corrected chi connectivity index (χ1v) is 11.1. The minimum atomic E-state index is -0.201. The van der Waals surface area contributed by atoms with E-state index in [1.807, 2.05) is 24.8 Å². The lowest BCUT2D eigenvalue weighted by molar-refractivity contribution is -0.208. The van der Waals surface area contributed by atoms with Gasteiger partial charge < -0.3 is 23.8 Å². The van der Waals surface area contributed by atoms with E-state index in [1.54, 1.807) is 0 Å². The number of carbonyl (C=O) groups excluding carboxylic acids is 1. The van der Waals surface area contributed by atoms with Crippen molar-refractivity contribution in [3.05, 3.63) is 24.3 Å². The third-order valence-electron chi connectivity index (χ3n) is 6.47. The Morgan fingerprint density at radius 2 is 1.72 bits per heavy atom. The second kappa shape index (κ2) is 10.7. The predicted molar refractivity (Wildman–Crippen MR) is 111 cm³/mol. The Hall–Kier alpha value is -1.21. The fourth-order valence-electron chi connectivity index (χ4n) is 4.88. The van der Waals surface area contributed by atoms with Crippen LogP contribution in [-0.2, 0) is 23.7 Å². The number of rotatable bonds is 9. The minimum Gasteiger partial charge on any atom is -0.353 e. The standard InChI is InChI=1S/C23H37NO5/c1-5-7-8-9-11-16(3)18(10-6-2)17(4)23(25)24-19-12-26-14-28-21(19)22-20(24)13-27-15-29-22/h6,10,17-22H,3,5,7-9,11-15H2,1-2,4H3/b10-6+/t17-,18-,19-,20-,21+,22+/m0/s1. The number of nitrogens with zero attached hydrogens (tertiary/aromatic N) is 1. The Balaban J connectivity index is 1.72. The maximum absolute atomic E-state index is 13.7. The summed E-state index contributed by atoms with van der Waals surface area (Å²) in [5.41, 5.74) is 1.14. The molecule has 1 amide bonds. The molecular weight excluding hydrogens is 370 g/mol. The van der Waals surface area contributed by atoms with Gasteiger partial charge in [0, 0.05) is 11.8 Å². The van der Waals surface area contributed by atoms with Gasteiger partial charge in [0.05, 0.1) is 25.3 Å². The van der Waals surface area contributed by atoms with Crippen molar-refractivity contribution in [1.82, 2.24) is 4.90 Å². The molecular formula is C23H37NO5. The number of amides is 1. The normalized spacial score (nSPS) is 31.3. The van der Waals surface area contributed by atoms with E-state index in [0.717, 1.165) is 18.4 Å². The molecule has 6 heteroatoms. The predicted octanol–water partition coefficient (Wildman–Crippen LogP) is 3.67. The van der Waals surface area contributed by atoms with Gasteiger partial charge in [-0.05, 0) is 19.8 Å². The summed E-state index contributed by atoms with van der Waals surface area (Å²) in [6, 6.07) is -0.251. The zero-order chi connectivity index (χ0) is 20.8. The summed E-state index contributed by atoms with van der Waals surface area (Å²) in [6.07, 6.45) is 9.62. The molecule has 0 radical (unpaired) electrons. The highest BCUT2D eigenvalue weighted by molar-refractivity contribution is 5.81. The van der Waals surface area contributed by atoms with Crippen molar-refractivity contribution in [1.29, 1.82) is 0 Å². The fraction of sp³-hybridized carbons (Fsp3) is 0.783. The van der Waals surface area contributed by atoms with E-state index < -0.39 is 0 Å². The molecule has 164 valence electrons. The summed E-state index contributed by atoms with van der Waals surface area (Å²) in [5, 5.41) is 0. The number of ether oxygens (including phenoxy) is 4. The topological polar surface area (TPSA) is 57.2 Å². The Kier molecular flexibility index (Phi) is 8.30. The summed E-state index contributed by atoms with van der Waals surface area (Å²) in [7, 11) is 0. The lowest BCUT2D eigenvalue weighted by Crippen LogP contribution is -2.52. The molecule has 3 saturated heterocycles. The van der Waals surface area contributed by atoms with Crippen molar-refractivity contribution >= 4 is 5.91 Å². The molecule has 3 aliphatic heterocycles. The van der Waals surface area contributed by atoms with Gasteiger partial charge in [0.2, 0.25) is 5.91 Å². The number of fused-ring (bicyclic) bond motifs is 3. The average Bonchev–Trinajstić information content (AvgIpc) is 3.08. The molecule has 0 spiro atoms. The van der Waals surface area contributed by atoms with Crippen molar-refractivity contribution in [2.75, 3.05) is 26.8 Å².